The Morgan fingerprint density at radius 2 is 1.69 bits per heavy atom. The largest absolute Gasteiger partial charge is 0.389 e. The lowest BCUT2D eigenvalue weighted by molar-refractivity contribution is -0.000672. The van der Waals surface area contributed by atoms with Crippen molar-refractivity contribution < 1.29 is 13.5 Å². The highest BCUT2D eigenvalue weighted by atomic mass is 32.2. The van der Waals surface area contributed by atoms with Gasteiger partial charge in [-0.2, -0.15) is 0 Å². The zero-order chi connectivity index (χ0) is 12.8. The van der Waals surface area contributed by atoms with Crippen LogP contribution in [0.2, 0.25) is 0 Å². The van der Waals surface area contributed by atoms with Gasteiger partial charge in [-0.05, 0) is 19.4 Å². The van der Waals surface area contributed by atoms with Gasteiger partial charge in [-0.1, -0.05) is 20.8 Å². The average molecular weight is 251 g/mol. The highest BCUT2D eigenvalue weighted by Gasteiger charge is 2.25. The zero-order valence-corrected chi connectivity index (χ0v) is 11.7. The second kappa shape index (κ2) is 6.57. The number of hydrogen-bond donors (Lipinski definition) is 1. The smallest absolute Gasteiger partial charge is 0.148 e. The molecule has 0 aromatic heterocycles. The lowest BCUT2D eigenvalue weighted by Crippen LogP contribution is -2.43. The average Bonchev–Trinajstić information content (AvgIpc) is 2.22. The highest BCUT2D eigenvalue weighted by Crippen LogP contribution is 2.16. The second-order valence-corrected chi connectivity index (χ2v) is 6.69. The van der Waals surface area contributed by atoms with Gasteiger partial charge in [0.1, 0.15) is 9.84 Å². The third-order valence-corrected chi connectivity index (χ3v) is 3.98. The fraction of sp³-hybridized carbons (Fsp3) is 1.00. The zero-order valence-electron chi connectivity index (χ0n) is 10.9. The molecule has 0 radical (unpaired) electrons. The summed E-state index contributed by atoms with van der Waals surface area (Å²) in [6.07, 6.45) is 2.63. The van der Waals surface area contributed by atoms with E-state index in [1.165, 1.54) is 6.26 Å². The minimum Gasteiger partial charge on any atom is -0.389 e. The molecule has 0 rings (SSSR count). The molecule has 1 N–H and O–H groups in total. The van der Waals surface area contributed by atoms with Gasteiger partial charge >= 0.3 is 0 Å². The van der Waals surface area contributed by atoms with Crippen molar-refractivity contribution in [3.63, 3.8) is 0 Å². The van der Waals surface area contributed by atoms with E-state index in [4.69, 9.17) is 0 Å². The Morgan fingerprint density at radius 3 is 2.00 bits per heavy atom. The van der Waals surface area contributed by atoms with Crippen LogP contribution in [0.25, 0.3) is 0 Å². The fourth-order valence-electron chi connectivity index (χ4n) is 1.53. The number of aliphatic hydroxyl groups is 1. The number of sulfone groups is 1. The van der Waals surface area contributed by atoms with Crippen LogP contribution in [-0.2, 0) is 9.84 Å². The van der Waals surface area contributed by atoms with Gasteiger partial charge in [-0.3, -0.25) is 4.90 Å². The molecule has 5 heteroatoms. The predicted molar refractivity (Wildman–Crippen MR) is 67.4 cm³/mol. The molecule has 0 aliphatic rings. The highest BCUT2D eigenvalue weighted by molar-refractivity contribution is 7.90. The van der Waals surface area contributed by atoms with Crippen molar-refractivity contribution in [1.29, 1.82) is 0 Å². The molecule has 0 bridgehead atoms. The topological polar surface area (TPSA) is 57.6 Å². The Morgan fingerprint density at radius 1 is 1.19 bits per heavy atom. The molecular weight excluding hydrogens is 226 g/mol. The van der Waals surface area contributed by atoms with E-state index >= 15 is 0 Å². The number of nitrogens with zero attached hydrogens (tertiary/aromatic N) is 1. The van der Waals surface area contributed by atoms with Crippen LogP contribution in [-0.4, -0.2) is 55.7 Å². The van der Waals surface area contributed by atoms with Gasteiger partial charge in [0.05, 0.1) is 11.4 Å². The summed E-state index contributed by atoms with van der Waals surface area (Å²) in [6.45, 7) is 7.69. The lowest BCUT2D eigenvalue weighted by atomic mass is 9.97. The maximum Gasteiger partial charge on any atom is 0.148 e. The molecule has 0 saturated carbocycles. The van der Waals surface area contributed by atoms with E-state index in [2.05, 4.69) is 0 Å². The summed E-state index contributed by atoms with van der Waals surface area (Å²) in [7, 11) is -2.92. The summed E-state index contributed by atoms with van der Waals surface area (Å²) in [5.74, 6) is 0.157. The van der Waals surface area contributed by atoms with Crippen molar-refractivity contribution in [3.05, 3.63) is 0 Å². The van der Waals surface area contributed by atoms with Crippen molar-refractivity contribution >= 4 is 9.84 Å². The molecule has 0 unspecified atom stereocenters. The summed E-state index contributed by atoms with van der Waals surface area (Å²) in [4.78, 5) is 1.99. The number of rotatable bonds is 8. The molecular formula is C11H25NO3S. The molecule has 4 nitrogen and oxygen atoms in total. The van der Waals surface area contributed by atoms with E-state index < -0.39 is 15.4 Å². The summed E-state index contributed by atoms with van der Waals surface area (Å²) in [5, 5.41) is 10.2. The monoisotopic (exact) mass is 251 g/mol. The van der Waals surface area contributed by atoms with Gasteiger partial charge in [-0.25, -0.2) is 8.42 Å². The van der Waals surface area contributed by atoms with E-state index in [-0.39, 0.29) is 5.75 Å². The minimum atomic E-state index is -2.92. The van der Waals surface area contributed by atoms with E-state index in [9.17, 15) is 13.5 Å². The Kier molecular flexibility index (Phi) is 6.51. The van der Waals surface area contributed by atoms with Gasteiger partial charge < -0.3 is 5.11 Å². The van der Waals surface area contributed by atoms with Gasteiger partial charge in [-0.15, -0.1) is 0 Å². The molecule has 0 aliphatic carbocycles. The normalized spacial score (nSPS) is 13.4. The first kappa shape index (κ1) is 15.9. The van der Waals surface area contributed by atoms with E-state index in [0.29, 0.717) is 25.9 Å². The van der Waals surface area contributed by atoms with Crippen molar-refractivity contribution in [1.82, 2.24) is 4.90 Å². The first-order valence-electron chi connectivity index (χ1n) is 5.88. The van der Waals surface area contributed by atoms with Crippen LogP contribution < -0.4 is 0 Å². The van der Waals surface area contributed by atoms with Crippen LogP contribution in [0.5, 0.6) is 0 Å². The van der Waals surface area contributed by atoms with Crippen molar-refractivity contribution in [2.45, 2.75) is 39.2 Å². The van der Waals surface area contributed by atoms with Crippen LogP contribution in [0, 0.1) is 0 Å². The van der Waals surface area contributed by atoms with Crippen molar-refractivity contribution in [2.24, 2.45) is 0 Å². The molecule has 0 saturated heterocycles. The van der Waals surface area contributed by atoms with Crippen LogP contribution in [0.3, 0.4) is 0 Å². The Labute approximate surface area is 99.6 Å². The Balaban J connectivity index is 4.30. The van der Waals surface area contributed by atoms with Gasteiger partial charge in [0, 0.05) is 19.3 Å². The summed E-state index contributed by atoms with van der Waals surface area (Å²) in [5.41, 5.74) is -0.687. The second-order valence-electron chi connectivity index (χ2n) is 4.43. The Hall–Kier alpha value is -0.130. The third kappa shape index (κ3) is 6.45. The summed E-state index contributed by atoms with van der Waals surface area (Å²) >= 11 is 0. The number of likely N-dealkylation sites (N-methyl/N-ethyl adjacent to an activating group) is 1. The summed E-state index contributed by atoms with van der Waals surface area (Å²) in [6, 6.07) is 0. The minimum absolute atomic E-state index is 0.157. The third-order valence-electron chi connectivity index (χ3n) is 3.06. The molecule has 0 aromatic rings. The van der Waals surface area contributed by atoms with Crippen molar-refractivity contribution in [2.75, 3.05) is 31.6 Å². The molecule has 0 aliphatic heterocycles. The molecule has 0 heterocycles. The van der Waals surface area contributed by atoms with Gasteiger partial charge in [0.2, 0.25) is 0 Å². The quantitative estimate of drug-likeness (QED) is 0.696. The van der Waals surface area contributed by atoms with Crippen LogP contribution in [0.4, 0.5) is 0 Å². The predicted octanol–water partition coefficient (Wildman–Crippen LogP) is 0.904. The van der Waals surface area contributed by atoms with Crippen LogP contribution in [0.15, 0.2) is 0 Å². The molecule has 0 aromatic carbocycles. The first-order valence-corrected chi connectivity index (χ1v) is 7.95. The fourth-order valence-corrected chi connectivity index (χ4v) is 2.12. The standard InChI is InChI=1S/C11H25NO3S/c1-5-11(13,6-2)10-12(7-3)8-9-16(4,14)15/h13H,5-10H2,1-4H3. The van der Waals surface area contributed by atoms with Crippen LogP contribution in [0.1, 0.15) is 33.6 Å². The first-order chi connectivity index (χ1) is 7.26. The van der Waals surface area contributed by atoms with Gasteiger partial charge in [0.25, 0.3) is 0 Å². The Bertz CT molecular complexity index is 284. The van der Waals surface area contributed by atoms with E-state index in [0.717, 1.165) is 6.54 Å². The number of hydrogen-bond acceptors (Lipinski definition) is 4. The molecule has 0 atom stereocenters. The molecule has 0 fully saturated rings. The van der Waals surface area contributed by atoms with Crippen molar-refractivity contribution in [3.8, 4) is 0 Å². The summed E-state index contributed by atoms with van der Waals surface area (Å²) < 4.78 is 22.1. The lowest BCUT2D eigenvalue weighted by Gasteiger charge is -2.32. The SMILES string of the molecule is CCN(CCS(C)(=O)=O)CC(O)(CC)CC. The van der Waals surface area contributed by atoms with Crippen LogP contribution >= 0.6 is 0 Å². The maximum absolute atomic E-state index is 11.1. The molecule has 98 valence electrons. The van der Waals surface area contributed by atoms with Gasteiger partial charge in [0.15, 0.2) is 0 Å². The van der Waals surface area contributed by atoms with E-state index in [1.807, 2.05) is 25.7 Å². The molecule has 0 amide bonds. The maximum atomic E-state index is 11.1. The van der Waals surface area contributed by atoms with E-state index in [1.54, 1.807) is 0 Å². The molecule has 16 heavy (non-hydrogen) atoms. The molecule has 0 spiro atoms.